The molecule has 0 fully saturated rings. The molecule has 0 amide bonds. The number of rotatable bonds is 2. The molecule has 2 heterocycles. The molecule has 3 rings (SSSR count). The molecule has 0 aliphatic carbocycles. The summed E-state index contributed by atoms with van der Waals surface area (Å²) in [6.45, 7) is 2.01. The molecule has 0 N–H and O–H groups in total. The maximum absolute atomic E-state index is 6.31. The van der Waals surface area contributed by atoms with Gasteiger partial charge >= 0.3 is 0 Å². The quantitative estimate of drug-likeness (QED) is 0.516. The van der Waals surface area contributed by atoms with E-state index in [-0.39, 0.29) is 0 Å². The number of nitrogens with zero attached hydrogens (tertiary/aromatic N) is 2. The van der Waals surface area contributed by atoms with Gasteiger partial charge in [-0.05, 0) is 18.6 Å². The van der Waals surface area contributed by atoms with E-state index in [9.17, 15) is 0 Å². The molecular weight excluding hydrogens is 347 g/mol. The standard InChI is InChI=1S/C15H9Cl3N2S/c1-8-3-2-4-9(5-8)12-13(17)19-15(20-14(12)18)11-6-10(16)7-21-11/h2-7H,1H3. The minimum absolute atomic E-state index is 0.333. The average Bonchev–Trinajstić information content (AvgIpc) is 2.85. The molecule has 1 aromatic carbocycles. The van der Waals surface area contributed by atoms with E-state index >= 15 is 0 Å². The zero-order chi connectivity index (χ0) is 15.0. The number of hydrogen-bond acceptors (Lipinski definition) is 3. The number of hydrogen-bond donors (Lipinski definition) is 0. The fraction of sp³-hybridized carbons (Fsp3) is 0.0667. The van der Waals surface area contributed by atoms with Crippen LogP contribution in [0.15, 0.2) is 35.7 Å². The third-order valence-electron chi connectivity index (χ3n) is 2.92. The molecule has 0 unspecified atom stereocenters. The fourth-order valence-electron chi connectivity index (χ4n) is 1.99. The van der Waals surface area contributed by atoms with Gasteiger partial charge in [0.05, 0.1) is 15.5 Å². The fourth-order valence-corrected chi connectivity index (χ4v) is 3.60. The van der Waals surface area contributed by atoms with Gasteiger partial charge in [-0.1, -0.05) is 64.6 Å². The number of aryl methyl sites for hydroxylation is 1. The molecule has 106 valence electrons. The lowest BCUT2D eigenvalue weighted by molar-refractivity contribution is 1.19. The monoisotopic (exact) mass is 354 g/mol. The van der Waals surface area contributed by atoms with Crippen LogP contribution in [0.2, 0.25) is 15.3 Å². The van der Waals surface area contributed by atoms with Crippen LogP contribution in [0, 0.1) is 6.92 Å². The first-order chi connectivity index (χ1) is 10.0. The van der Waals surface area contributed by atoms with Gasteiger partial charge in [0.2, 0.25) is 0 Å². The number of halogens is 3. The second kappa shape index (κ2) is 5.93. The van der Waals surface area contributed by atoms with Crippen LogP contribution < -0.4 is 0 Å². The van der Waals surface area contributed by atoms with E-state index in [1.165, 1.54) is 11.3 Å². The highest BCUT2D eigenvalue weighted by Gasteiger charge is 2.15. The van der Waals surface area contributed by atoms with Crippen LogP contribution in [-0.2, 0) is 0 Å². The molecule has 2 aromatic heterocycles. The number of thiophene rings is 1. The van der Waals surface area contributed by atoms with E-state index in [1.807, 2.05) is 36.6 Å². The maximum Gasteiger partial charge on any atom is 0.172 e. The van der Waals surface area contributed by atoms with Gasteiger partial charge in [-0.2, -0.15) is 0 Å². The zero-order valence-corrected chi connectivity index (χ0v) is 14.0. The van der Waals surface area contributed by atoms with Gasteiger partial charge in [-0.25, -0.2) is 9.97 Å². The molecule has 0 spiro atoms. The Morgan fingerprint density at radius 2 is 1.71 bits per heavy atom. The minimum atomic E-state index is 0.333. The van der Waals surface area contributed by atoms with Crippen molar-refractivity contribution in [2.75, 3.05) is 0 Å². The van der Waals surface area contributed by atoms with E-state index in [2.05, 4.69) is 9.97 Å². The van der Waals surface area contributed by atoms with Crippen molar-refractivity contribution in [3.63, 3.8) is 0 Å². The molecule has 3 aromatic rings. The summed E-state index contributed by atoms with van der Waals surface area (Å²) in [4.78, 5) is 9.52. The predicted octanol–water partition coefficient (Wildman–Crippen LogP) is 6.14. The van der Waals surface area contributed by atoms with Gasteiger partial charge in [-0.3, -0.25) is 0 Å². The summed E-state index contributed by atoms with van der Waals surface area (Å²) in [5.74, 6) is 0.485. The van der Waals surface area contributed by atoms with Crippen LogP contribution in [0.3, 0.4) is 0 Å². The first-order valence-corrected chi connectivity index (χ1v) is 8.10. The Balaban J connectivity index is 2.12. The van der Waals surface area contributed by atoms with Crippen LogP contribution in [0.25, 0.3) is 21.8 Å². The average molecular weight is 356 g/mol. The summed E-state index contributed by atoms with van der Waals surface area (Å²) >= 11 is 20.0. The lowest BCUT2D eigenvalue weighted by atomic mass is 10.1. The summed E-state index contributed by atoms with van der Waals surface area (Å²) in [6.07, 6.45) is 0. The summed E-state index contributed by atoms with van der Waals surface area (Å²) in [7, 11) is 0. The SMILES string of the molecule is Cc1cccc(-c2c(Cl)nc(-c3cc(Cl)cs3)nc2Cl)c1. The Bertz CT molecular complexity index is 791. The molecule has 0 saturated carbocycles. The Labute approximate surface area is 141 Å². The molecule has 21 heavy (non-hydrogen) atoms. The van der Waals surface area contributed by atoms with Crippen molar-refractivity contribution in [3.05, 3.63) is 56.6 Å². The molecule has 0 atom stereocenters. The Morgan fingerprint density at radius 1 is 1.00 bits per heavy atom. The number of benzene rings is 1. The predicted molar refractivity (Wildman–Crippen MR) is 90.5 cm³/mol. The van der Waals surface area contributed by atoms with E-state index < -0.39 is 0 Å². The van der Waals surface area contributed by atoms with Gasteiger partial charge in [0.1, 0.15) is 10.3 Å². The van der Waals surface area contributed by atoms with Crippen molar-refractivity contribution in [2.45, 2.75) is 6.92 Å². The van der Waals surface area contributed by atoms with Crippen molar-refractivity contribution >= 4 is 46.1 Å². The lowest BCUT2D eigenvalue weighted by Gasteiger charge is -2.08. The topological polar surface area (TPSA) is 25.8 Å². The number of aromatic nitrogens is 2. The molecule has 0 radical (unpaired) electrons. The first-order valence-electron chi connectivity index (χ1n) is 6.09. The summed E-state index contributed by atoms with van der Waals surface area (Å²) in [6, 6.07) is 9.68. The van der Waals surface area contributed by atoms with Gasteiger partial charge in [0.25, 0.3) is 0 Å². The van der Waals surface area contributed by atoms with Crippen molar-refractivity contribution in [1.29, 1.82) is 0 Å². The molecule has 0 aliphatic rings. The first kappa shape index (κ1) is 14.8. The summed E-state index contributed by atoms with van der Waals surface area (Å²) < 4.78 is 0. The smallest absolute Gasteiger partial charge is 0.172 e. The zero-order valence-electron chi connectivity index (χ0n) is 10.9. The Hall–Kier alpha value is -1.13. The minimum Gasteiger partial charge on any atom is -0.215 e. The van der Waals surface area contributed by atoms with Gasteiger partial charge in [0.15, 0.2) is 5.82 Å². The molecule has 0 aliphatic heterocycles. The third-order valence-corrected chi connectivity index (χ3v) is 4.74. The second-order valence-corrected chi connectivity index (χ2v) is 6.57. The third kappa shape index (κ3) is 3.06. The lowest BCUT2D eigenvalue weighted by Crippen LogP contribution is -1.93. The van der Waals surface area contributed by atoms with Gasteiger partial charge in [0, 0.05) is 5.38 Å². The second-order valence-electron chi connectivity index (χ2n) is 4.50. The van der Waals surface area contributed by atoms with Crippen LogP contribution in [0.4, 0.5) is 0 Å². The van der Waals surface area contributed by atoms with Crippen molar-refractivity contribution in [3.8, 4) is 21.8 Å². The normalized spacial score (nSPS) is 10.9. The molecule has 0 bridgehead atoms. The van der Waals surface area contributed by atoms with E-state index in [0.717, 1.165) is 16.0 Å². The summed E-state index contributed by atoms with van der Waals surface area (Å²) in [5.41, 5.74) is 2.67. The maximum atomic E-state index is 6.31. The molecule has 6 heteroatoms. The highest BCUT2D eigenvalue weighted by Crippen LogP contribution is 2.36. The Morgan fingerprint density at radius 3 is 2.29 bits per heavy atom. The van der Waals surface area contributed by atoms with Crippen LogP contribution >= 0.6 is 46.1 Å². The van der Waals surface area contributed by atoms with E-state index in [0.29, 0.717) is 26.7 Å². The van der Waals surface area contributed by atoms with Crippen LogP contribution in [0.5, 0.6) is 0 Å². The highest BCUT2D eigenvalue weighted by atomic mass is 35.5. The van der Waals surface area contributed by atoms with Gasteiger partial charge < -0.3 is 0 Å². The molecular formula is C15H9Cl3N2S. The highest BCUT2D eigenvalue weighted by molar-refractivity contribution is 7.14. The van der Waals surface area contributed by atoms with E-state index in [4.69, 9.17) is 34.8 Å². The summed E-state index contributed by atoms with van der Waals surface area (Å²) in [5, 5.41) is 3.13. The van der Waals surface area contributed by atoms with Crippen LogP contribution in [-0.4, -0.2) is 9.97 Å². The van der Waals surface area contributed by atoms with Crippen molar-refractivity contribution < 1.29 is 0 Å². The van der Waals surface area contributed by atoms with Crippen molar-refractivity contribution in [2.24, 2.45) is 0 Å². The van der Waals surface area contributed by atoms with Gasteiger partial charge in [-0.15, -0.1) is 11.3 Å². The van der Waals surface area contributed by atoms with Crippen LogP contribution in [0.1, 0.15) is 5.56 Å². The van der Waals surface area contributed by atoms with Crippen molar-refractivity contribution in [1.82, 2.24) is 9.97 Å². The molecule has 2 nitrogen and oxygen atoms in total. The van der Waals surface area contributed by atoms with E-state index in [1.54, 1.807) is 6.07 Å². The largest absolute Gasteiger partial charge is 0.215 e. The Kier molecular flexibility index (Phi) is 4.18. The molecule has 0 saturated heterocycles.